The number of hydrogen-bond acceptors (Lipinski definition) is 2. The Morgan fingerprint density at radius 1 is 0.842 bits per heavy atom. The maximum atomic E-state index is 12.1. The van der Waals surface area contributed by atoms with Gasteiger partial charge in [-0.1, -0.05) is 48.5 Å². The van der Waals surface area contributed by atoms with E-state index in [1.165, 1.54) is 0 Å². The van der Waals surface area contributed by atoms with E-state index in [1.807, 2.05) is 12.1 Å². The third kappa shape index (κ3) is 3.28. The van der Waals surface area contributed by atoms with E-state index < -0.39 is 6.04 Å². The zero-order chi connectivity index (χ0) is 13.7. The van der Waals surface area contributed by atoms with Gasteiger partial charge in [-0.2, -0.15) is 0 Å². The second-order valence-corrected chi connectivity index (χ2v) is 4.29. The molecule has 96 valence electrons. The lowest BCUT2D eigenvalue weighted by atomic mass is 10.1. The predicted octanol–water partition coefficient (Wildman–Crippen LogP) is 2.69. The second kappa shape index (κ2) is 5.96. The minimum atomic E-state index is -0.546. The Morgan fingerprint density at radius 2 is 1.32 bits per heavy atom. The van der Waals surface area contributed by atoms with Crippen molar-refractivity contribution >= 4 is 11.7 Å². The highest BCUT2D eigenvalue weighted by Gasteiger charge is 2.17. The average molecular weight is 253 g/mol. The molecule has 0 saturated carbocycles. The number of carbonyl (C=O) groups is 2. The summed E-state index contributed by atoms with van der Waals surface area (Å²) in [5.74, 6) is -0.331. The molecule has 0 aromatic heterocycles. The molecule has 1 unspecified atom stereocenters. The molecule has 0 radical (unpaired) electrons. The van der Waals surface area contributed by atoms with Gasteiger partial charge in [0.25, 0.3) is 5.91 Å². The first kappa shape index (κ1) is 13.0. The number of rotatable bonds is 4. The van der Waals surface area contributed by atoms with Crippen LogP contribution in [0.4, 0.5) is 0 Å². The average Bonchev–Trinajstić information content (AvgIpc) is 2.48. The van der Waals surface area contributed by atoms with E-state index in [4.69, 9.17) is 0 Å². The quantitative estimate of drug-likeness (QED) is 0.851. The molecule has 0 aliphatic carbocycles. The lowest BCUT2D eigenvalue weighted by Gasteiger charge is -2.12. The molecule has 3 nitrogen and oxygen atoms in total. The summed E-state index contributed by atoms with van der Waals surface area (Å²) < 4.78 is 0. The van der Waals surface area contributed by atoms with Gasteiger partial charge in [0.15, 0.2) is 5.78 Å². The second-order valence-electron chi connectivity index (χ2n) is 4.29. The molecule has 0 saturated heterocycles. The van der Waals surface area contributed by atoms with Crippen molar-refractivity contribution in [3.8, 4) is 0 Å². The van der Waals surface area contributed by atoms with Crippen LogP contribution >= 0.6 is 0 Å². The number of hydrogen-bond donors (Lipinski definition) is 1. The summed E-state index contributed by atoms with van der Waals surface area (Å²) in [5, 5.41) is 2.71. The molecule has 3 heteroatoms. The van der Waals surface area contributed by atoms with Crippen LogP contribution in [0.15, 0.2) is 60.7 Å². The molecule has 0 fully saturated rings. The Hall–Kier alpha value is -2.42. The minimum absolute atomic E-state index is 0.0927. The molecule has 1 N–H and O–H groups in total. The summed E-state index contributed by atoms with van der Waals surface area (Å²) in [5.41, 5.74) is 1.15. The van der Waals surface area contributed by atoms with E-state index in [-0.39, 0.29) is 11.7 Å². The number of ketones is 1. The molecule has 0 aliphatic heterocycles. The molecule has 2 aromatic rings. The Morgan fingerprint density at radius 3 is 1.84 bits per heavy atom. The molecule has 19 heavy (non-hydrogen) atoms. The Bertz CT molecular complexity index is 564. The zero-order valence-corrected chi connectivity index (χ0v) is 10.7. The first-order chi connectivity index (χ1) is 9.18. The molecule has 0 aliphatic rings. The SMILES string of the molecule is CC(NC(=O)c1ccccc1)C(=O)c1ccccc1. The van der Waals surface area contributed by atoms with E-state index in [0.717, 1.165) is 0 Å². The summed E-state index contributed by atoms with van der Waals surface area (Å²) in [7, 11) is 0. The zero-order valence-electron chi connectivity index (χ0n) is 10.7. The maximum absolute atomic E-state index is 12.1. The third-order valence-electron chi connectivity index (χ3n) is 2.84. The fraction of sp³-hybridized carbons (Fsp3) is 0.125. The number of amides is 1. The van der Waals surface area contributed by atoms with Crippen molar-refractivity contribution in [2.45, 2.75) is 13.0 Å². The van der Waals surface area contributed by atoms with Crippen molar-refractivity contribution in [1.29, 1.82) is 0 Å². The van der Waals surface area contributed by atoms with Gasteiger partial charge in [0.05, 0.1) is 6.04 Å². The molecule has 1 amide bonds. The van der Waals surface area contributed by atoms with Crippen molar-refractivity contribution in [2.24, 2.45) is 0 Å². The van der Waals surface area contributed by atoms with Gasteiger partial charge in [0, 0.05) is 11.1 Å². The molecule has 0 spiro atoms. The van der Waals surface area contributed by atoms with Crippen molar-refractivity contribution in [3.63, 3.8) is 0 Å². The number of Topliss-reactive ketones (excluding diaryl/α,β-unsaturated/α-hetero) is 1. The summed E-state index contributed by atoms with van der Waals surface area (Å²) >= 11 is 0. The smallest absolute Gasteiger partial charge is 0.251 e. The van der Waals surface area contributed by atoms with Gasteiger partial charge < -0.3 is 5.32 Å². The maximum Gasteiger partial charge on any atom is 0.251 e. The van der Waals surface area contributed by atoms with E-state index in [2.05, 4.69) is 5.32 Å². The molecular weight excluding hydrogens is 238 g/mol. The van der Waals surface area contributed by atoms with Crippen LogP contribution in [0, 0.1) is 0 Å². The van der Waals surface area contributed by atoms with Crippen LogP contribution in [0.1, 0.15) is 27.6 Å². The fourth-order valence-corrected chi connectivity index (χ4v) is 1.79. The minimum Gasteiger partial charge on any atom is -0.342 e. The van der Waals surface area contributed by atoms with E-state index in [1.54, 1.807) is 55.5 Å². The molecule has 2 rings (SSSR count). The fourth-order valence-electron chi connectivity index (χ4n) is 1.79. The van der Waals surface area contributed by atoms with Gasteiger partial charge in [-0.15, -0.1) is 0 Å². The van der Waals surface area contributed by atoms with Crippen molar-refractivity contribution < 1.29 is 9.59 Å². The van der Waals surface area contributed by atoms with E-state index in [9.17, 15) is 9.59 Å². The van der Waals surface area contributed by atoms with Crippen LogP contribution in [0.2, 0.25) is 0 Å². The van der Waals surface area contributed by atoms with E-state index in [0.29, 0.717) is 11.1 Å². The highest BCUT2D eigenvalue weighted by Crippen LogP contribution is 2.05. The Balaban J connectivity index is 2.04. The summed E-state index contributed by atoms with van der Waals surface area (Å²) in [6.07, 6.45) is 0. The molecule has 0 heterocycles. The van der Waals surface area contributed by atoms with Crippen LogP contribution in [-0.4, -0.2) is 17.7 Å². The van der Waals surface area contributed by atoms with Gasteiger partial charge in [-0.3, -0.25) is 9.59 Å². The van der Waals surface area contributed by atoms with Crippen LogP contribution < -0.4 is 5.32 Å². The van der Waals surface area contributed by atoms with Crippen LogP contribution in [0.5, 0.6) is 0 Å². The van der Waals surface area contributed by atoms with Crippen LogP contribution in [-0.2, 0) is 0 Å². The predicted molar refractivity (Wildman–Crippen MR) is 74.1 cm³/mol. The summed E-state index contributed by atoms with van der Waals surface area (Å²) in [6, 6.07) is 17.3. The molecule has 1 atom stereocenters. The van der Waals surface area contributed by atoms with Gasteiger partial charge >= 0.3 is 0 Å². The normalized spacial score (nSPS) is 11.6. The first-order valence-corrected chi connectivity index (χ1v) is 6.13. The third-order valence-corrected chi connectivity index (χ3v) is 2.84. The Labute approximate surface area is 112 Å². The largest absolute Gasteiger partial charge is 0.342 e. The Kier molecular flexibility index (Phi) is 4.08. The van der Waals surface area contributed by atoms with Crippen LogP contribution in [0.3, 0.4) is 0 Å². The summed E-state index contributed by atoms with van der Waals surface area (Å²) in [4.78, 5) is 24.0. The van der Waals surface area contributed by atoms with Gasteiger partial charge in [0.2, 0.25) is 0 Å². The highest BCUT2D eigenvalue weighted by molar-refractivity contribution is 6.04. The highest BCUT2D eigenvalue weighted by atomic mass is 16.2. The van der Waals surface area contributed by atoms with Gasteiger partial charge in [0.1, 0.15) is 0 Å². The van der Waals surface area contributed by atoms with E-state index >= 15 is 0 Å². The first-order valence-electron chi connectivity index (χ1n) is 6.13. The molecule has 0 bridgehead atoms. The molecular formula is C16H15NO2. The van der Waals surface area contributed by atoms with Crippen molar-refractivity contribution in [2.75, 3.05) is 0 Å². The summed E-state index contributed by atoms with van der Waals surface area (Å²) in [6.45, 7) is 1.69. The van der Waals surface area contributed by atoms with Crippen LogP contribution in [0.25, 0.3) is 0 Å². The topological polar surface area (TPSA) is 46.2 Å². The monoisotopic (exact) mass is 253 g/mol. The standard InChI is InChI=1S/C16H15NO2/c1-12(15(18)13-8-4-2-5-9-13)17-16(19)14-10-6-3-7-11-14/h2-12H,1H3,(H,17,19). The van der Waals surface area contributed by atoms with Crippen molar-refractivity contribution in [3.05, 3.63) is 71.8 Å². The number of benzene rings is 2. The lowest BCUT2D eigenvalue weighted by Crippen LogP contribution is -2.38. The van der Waals surface area contributed by atoms with Gasteiger partial charge in [-0.05, 0) is 19.1 Å². The van der Waals surface area contributed by atoms with Crippen molar-refractivity contribution in [1.82, 2.24) is 5.32 Å². The molecule has 2 aromatic carbocycles. The lowest BCUT2D eigenvalue weighted by molar-refractivity contribution is 0.0865. The van der Waals surface area contributed by atoms with Gasteiger partial charge in [-0.25, -0.2) is 0 Å². The number of carbonyl (C=O) groups excluding carboxylic acids is 2. The number of nitrogens with one attached hydrogen (secondary N) is 1.